The van der Waals surface area contributed by atoms with Crippen molar-refractivity contribution < 1.29 is 4.79 Å². The molecule has 96 valence electrons. The fourth-order valence-corrected chi connectivity index (χ4v) is 2.62. The van der Waals surface area contributed by atoms with Crippen LogP contribution < -0.4 is 5.32 Å². The maximum absolute atomic E-state index is 12.0. The minimum Gasteiger partial charge on any atom is -0.321 e. The van der Waals surface area contributed by atoms with E-state index in [1.54, 1.807) is 12.1 Å². The highest BCUT2D eigenvalue weighted by atomic mass is 127. The molecule has 0 spiro atoms. The van der Waals surface area contributed by atoms with Gasteiger partial charge in [0, 0.05) is 20.4 Å². The summed E-state index contributed by atoms with van der Waals surface area (Å²) in [7, 11) is 0. The Kier molecular flexibility index (Phi) is 3.28. The highest BCUT2D eigenvalue weighted by Crippen LogP contribution is 2.34. The molecule has 3 rings (SSSR count). The summed E-state index contributed by atoms with van der Waals surface area (Å²) in [6.07, 6.45) is 1.85. The Morgan fingerprint density at radius 3 is 2.60 bits per heavy atom. The lowest BCUT2D eigenvalue weighted by Gasteiger charge is -2.00. The summed E-state index contributed by atoms with van der Waals surface area (Å²) in [5.41, 5.74) is 3.93. The summed E-state index contributed by atoms with van der Waals surface area (Å²) >= 11 is 2.23. The van der Waals surface area contributed by atoms with Gasteiger partial charge < -0.3 is 5.32 Å². The summed E-state index contributed by atoms with van der Waals surface area (Å²) in [5, 5.41) is 11.6. The smallest absolute Gasteiger partial charge is 0.256 e. The molecule has 1 heterocycles. The van der Waals surface area contributed by atoms with Crippen LogP contribution in [0.2, 0.25) is 0 Å². The van der Waals surface area contributed by atoms with Crippen molar-refractivity contribution in [2.45, 2.75) is 0 Å². The van der Waals surface area contributed by atoms with Gasteiger partial charge in [-0.15, -0.1) is 0 Å². The van der Waals surface area contributed by atoms with Crippen molar-refractivity contribution in [2.24, 2.45) is 0 Å². The van der Waals surface area contributed by atoms with Crippen LogP contribution in [0.4, 0.5) is 5.69 Å². The van der Waals surface area contributed by atoms with E-state index in [-0.39, 0.29) is 5.91 Å². The summed E-state index contributed by atoms with van der Waals surface area (Å²) in [4.78, 5) is 12.0. The quantitative estimate of drug-likeness (QED) is 0.614. The molecule has 1 N–H and O–H groups in total. The van der Waals surface area contributed by atoms with Crippen molar-refractivity contribution in [3.05, 3.63) is 62.7 Å². The molecule has 0 unspecified atom stereocenters. The predicted octanol–water partition coefficient (Wildman–Crippen LogP) is 3.66. The minimum atomic E-state index is -0.0913. The van der Waals surface area contributed by atoms with Gasteiger partial charge in [0.15, 0.2) is 0 Å². The number of hydrogen-bond donors (Lipinski definition) is 1. The maximum atomic E-state index is 12.0. The number of nitrogens with zero attached hydrogens (tertiary/aromatic N) is 1. The first-order chi connectivity index (χ1) is 9.67. The van der Waals surface area contributed by atoms with E-state index in [0.29, 0.717) is 11.1 Å². The van der Waals surface area contributed by atoms with Crippen molar-refractivity contribution in [1.29, 1.82) is 5.26 Å². The highest BCUT2D eigenvalue weighted by Gasteiger charge is 2.23. The second-order valence-electron chi connectivity index (χ2n) is 4.44. The molecule has 0 aliphatic carbocycles. The van der Waals surface area contributed by atoms with Crippen molar-refractivity contribution in [1.82, 2.24) is 0 Å². The van der Waals surface area contributed by atoms with Crippen LogP contribution >= 0.6 is 22.6 Å². The third kappa shape index (κ3) is 2.32. The molecule has 1 aliphatic rings. The largest absolute Gasteiger partial charge is 0.321 e. The van der Waals surface area contributed by atoms with Crippen molar-refractivity contribution >= 4 is 45.8 Å². The number of nitrogens with one attached hydrogen (secondary N) is 1. The number of halogens is 1. The predicted molar refractivity (Wildman–Crippen MR) is 86.8 cm³/mol. The normalized spacial score (nSPS) is 14.8. The number of amides is 1. The number of anilines is 1. The van der Waals surface area contributed by atoms with Crippen LogP contribution in [0.5, 0.6) is 0 Å². The van der Waals surface area contributed by atoms with E-state index in [0.717, 1.165) is 20.4 Å². The van der Waals surface area contributed by atoms with E-state index in [1.807, 2.05) is 36.4 Å². The van der Waals surface area contributed by atoms with Gasteiger partial charge in [-0.05, 0) is 64.6 Å². The lowest BCUT2D eigenvalue weighted by atomic mass is 10.0. The van der Waals surface area contributed by atoms with Gasteiger partial charge in [0.2, 0.25) is 0 Å². The second-order valence-corrected chi connectivity index (χ2v) is 5.68. The molecule has 3 nitrogen and oxygen atoms in total. The maximum Gasteiger partial charge on any atom is 0.256 e. The standard InChI is InChI=1S/C16H9IN2O/c17-12-5-6-15-13(8-12)14(16(20)19-15)7-10-1-3-11(9-18)4-2-10/h1-8H,(H,19,20). The fourth-order valence-electron chi connectivity index (χ4n) is 2.12. The lowest BCUT2D eigenvalue weighted by molar-refractivity contribution is -0.110. The van der Waals surface area contributed by atoms with Crippen LogP contribution in [0.15, 0.2) is 42.5 Å². The third-order valence-electron chi connectivity index (χ3n) is 3.12. The second kappa shape index (κ2) is 5.10. The van der Waals surface area contributed by atoms with E-state index >= 15 is 0 Å². The number of hydrogen-bond acceptors (Lipinski definition) is 2. The van der Waals surface area contributed by atoms with Gasteiger partial charge in [0.1, 0.15) is 0 Å². The molecule has 0 atom stereocenters. The molecular weight excluding hydrogens is 363 g/mol. The van der Waals surface area contributed by atoms with E-state index in [9.17, 15) is 4.79 Å². The lowest BCUT2D eigenvalue weighted by Crippen LogP contribution is -2.03. The number of fused-ring (bicyclic) bond motifs is 1. The molecule has 0 aromatic heterocycles. The fraction of sp³-hybridized carbons (Fsp3) is 0. The Bertz CT molecular complexity index is 770. The zero-order valence-corrected chi connectivity index (χ0v) is 12.5. The number of carbonyl (C=O) groups is 1. The van der Waals surface area contributed by atoms with Gasteiger partial charge in [-0.3, -0.25) is 4.79 Å². The van der Waals surface area contributed by atoms with Crippen LogP contribution in [0, 0.1) is 14.9 Å². The van der Waals surface area contributed by atoms with Gasteiger partial charge in [-0.2, -0.15) is 5.26 Å². The number of rotatable bonds is 1. The van der Waals surface area contributed by atoms with Crippen molar-refractivity contribution in [3.8, 4) is 6.07 Å². The summed E-state index contributed by atoms with van der Waals surface area (Å²) in [6, 6.07) is 15.1. The number of nitriles is 1. The molecule has 2 aromatic rings. The number of benzene rings is 2. The molecule has 0 fully saturated rings. The first kappa shape index (κ1) is 12.9. The topological polar surface area (TPSA) is 52.9 Å². The molecular formula is C16H9IN2O. The number of carbonyl (C=O) groups excluding carboxylic acids is 1. The van der Waals surface area contributed by atoms with Crippen molar-refractivity contribution in [3.63, 3.8) is 0 Å². The van der Waals surface area contributed by atoms with Crippen LogP contribution in [-0.4, -0.2) is 5.91 Å². The average Bonchev–Trinajstić information content (AvgIpc) is 2.76. The Morgan fingerprint density at radius 2 is 1.90 bits per heavy atom. The first-order valence-electron chi connectivity index (χ1n) is 6.00. The van der Waals surface area contributed by atoms with E-state index < -0.39 is 0 Å². The van der Waals surface area contributed by atoms with Gasteiger partial charge >= 0.3 is 0 Å². The summed E-state index contributed by atoms with van der Waals surface area (Å²) in [5.74, 6) is -0.0913. The molecule has 2 aromatic carbocycles. The van der Waals surface area contributed by atoms with Crippen LogP contribution in [0.25, 0.3) is 11.6 Å². The third-order valence-corrected chi connectivity index (χ3v) is 3.79. The molecule has 0 bridgehead atoms. The Labute approximate surface area is 130 Å². The van der Waals surface area contributed by atoms with E-state index in [4.69, 9.17) is 5.26 Å². The monoisotopic (exact) mass is 372 g/mol. The van der Waals surface area contributed by atoms with Crippen LogP contribution in [0.1, 0.15) is 16.7 Å². The molecule has 0 radical (unpaired) electrons. The van der Waals surface area contributed by atoms with Gasteiger partial charge in [-0.25, -0.2) is 0 Å². The Balaban J connectivity index is 2.06. The Morgan fingerprint density at radius 1 is 1.15 bits per heavy atom. The first-order valence-corrected chi connectivity index (χ1v) is 7.08. The SMILES string of the molecule is N#Cc1ccc(C=C2C(=O)Nc3ccc(I)cc32)cc1. The molecule has 0 saturated heterocycles. The zero-order valence-electron chi connectivity index (χ0n) is 10.4. The molecule has 4 heteroatoms. The Hall–Kier alpha value is -2.13. The average molecular weight is 372 g/mol. The van der Waals surface area contributed by atoms with Gasteiger partial charge in [0.05, 0.1) is 11.6 Å². The molecule has 0 saturated carbocycles. The molecule has 1 aliphatic heterocycles. The molecule has 20 heavy (non-hydrogen) atoms. The molecule has 1 amide bonds. The van der Waals surface area contributed by atoms with E-state index in [1.165, 1.54) is 0 Å². The van der Waals surface area contributed by atoms with Crippen LogP contribution in [-0.2, 0) is 4.79 Å². The van der Waals surface area contributed by atoms with Gasteiger partial charge in [-0.1, -0.05) is 12.1 Å². The zero-order chi connectivity index (χ0) is 14.1. The summed E-state index contributed by atoms with van der Waals surface area (Å²) in [6.45, 7) is 0. The van der Waals surface area contributed by atoms with Gasteiger partial charge in [0.25, 0.3) is 5.91 Å². The minimum absolute atomic E-state index is 0.0913. The van der Waals surface area contributed by atoms with Crippen LogP contribution in [0.3, 0.4) is 0 Å². The highest BCUT2D eigenvalue weighted by molar-refractivity contribution is 14.1. The van der Waals surface area contributed by atoms with Crippen molar-refractivity contribution in [2.75, 3.05) is 5.32 Å². The van der Waals surface area contributed by atoms with E-state index in [2.05, 4.69) is 34.0 Å². The summed E-state index contributed by atoms with van der Waals surface area (Å²) < 4.78 is 1.09.